The van der Waals surface area contributed by atoms with Crippen LogP contribution in [-0.2, 0) is 6.54 Å². The van der Waals surface area contributed by atoms with Crippen molar-refractivity contribution in [3.8, 4) is 5.75 Å². The summed E-state index contributed by atoms with van der Waals surface area (Å²) in [6, 6.07) is 7.99. The van der Waals surface area contributed by atoms with E-state index in [1.165, 1.54) is 6.20 Å². The van der Waals surface area contributed by atoms with Crippen molar-refractivity contribution in [3.63, 3.8) is 0 Å². The third-order valence-corrected chi connectivity index (χ3v) is 3.36. The molecule has 5 heteroatoms. The number of hydrogen-bond acceptors (Lipinski definition) is 4. The molecule has 20 heavy (non-hydrogen) atoms. The van der Waals surface area contributed by atoms with Gasteiger partial charge in [0.1, 0.15) is 5.75 Å². The molecule has 1 unspecified atom stereocenters. The summed E-state index contributed by atoms with van der Waals surface area (Å²) in [7, 11) is 3.55. The van der Waals surface area contributed by atoms with E-state index in [0.29, 0.717) is 6.54 Å². The van der Waals surface area contributed by atoms with Gasteiger partial charge in [0.05, 0.1) is 13.7 Å². The highest BCUT2D eigenvalue weighted by molar-refractivity contribution is 5.38. The molecule has 0 aliphatic carbocycles. The van der Waals surface area contributed by atoms with Crippen molar-refractivity contribution in [2.75, 3.05) is 14.2 Å². The number of nitrogens with one attached hydrogen (secondary N) is 1. The summed E-state index contributed by atoms with van der Waals surface area (Å²) in [6.07, 6.45) is 3.22. The summed E-state index contributed by atoms with van der Waals surface area (Å²) in [5.41, 5.74) is 1.85. The molecule has 0 fully saturated rings. The normalized spacial score (nSPS) is 12.2. The van der Waals surface area contributed by atoms with Crippen molar-refractivity contribution in [2.45, 2.75) is 19.5 Å². The Morgan fingerprint density at radius 3 is 2.90 bits per heavy atom. The molecule has 1 aromatic heterocycles. The zero-order valence-corrected chi connectivity index (χ0v) is 12.0. The van der Waals surface area contributed by atoms with Crippen LogP contribution in [0.25, 0.3) is 0 Å². The van der Waals surface area contributed by atoms with Gasteiger partial charge in [-0.15, -0.1) is 0 Å². The molecule has 1 N–H and O–H groups in total. The predicted molar refractivity (Wildman–Crippen MR) is 78.1 cm³/mol. The fourth-order valence-electron chi connectivity index (χ4n) is 2.05. The van der Waals surface area contributed by atoms with E-state index in [1.54, 1.807) is 23.9 Å². The van der Waals surface area contributed by atoms with Gasteiger partial charge in [-0.2, -0.15) is 0 Å². The maximum Gasteiger partial charge on any atom is 0.347 e. The molecule has 0 saturated heterocycles. The summed E-state index contributed by atoms with van der Waals surface area (Å²) >= 11 is 0. The average molecular weight is 273 g/mol. The molecule has 0 saturated carbocycles. The second kappa shape index (κ2) is 6.34. The topological polar surface area (TPSA) is 56.1 Å². The number of rotatable bonds is 5. The number of benzene rings is 1. The first-order valence-electron chi connectivity index (χ1n) is 6.51. The van der Waals surface area contributed by atoms with Crippen molar-refractivity contribution >= 4 is 0 Å². The smallest absolute Gasteiger partial charge is 0.347 e. The van der Waals surface area contributed by atoms with Crippen molar-refractivity contribution in [2.24, 2.45) is 0 Å². The van der Waals surface area contributed by atoms with Crippen LogP contribution >= 0.6 is 0 Å². The molecule has 106 valence electrons. The predicted octanol–water partition coefficient (Wildman–Crippen LogP) is 1.58. The van der Waals surface area contributed by atoms with Crippen LogP contribution in [0.3, 0.4) is 0 Å². The Morgan fingerprint density at radius 2 is 2.25 bits per heavy atom. The first-order valence-corrected chi connectivity index (χ1v) is 6.51. The van der Waals surface area contributed by atoms with Crippen LogP contribution in [0.2, 0.25) is 0 Å². The molecule has 1 heterocycles. The fourth-order valence-corrected chi connectivity index (χ4v) is 2.05. The number of hydrogen-bond donors (Lipinski definition) is 1. The van der Waals surface area contributed by atoms with E-state index in [9.17, 15) is 4.79 Å². The van der Waals surface area contributed by atoms with Gasteiger partial charge in [0.2, 0.25) is 0 Å². The van der Waals surface area contributed by atoms with Gasteiger partial charge >= 0.3 is 5.69 Å². The molecule has 0 bridgehead atoms. The van der Waals surface area contributed by atoms with Crippen LogP contribution in [0.1, 0.15) is 24.1 Å². The van der Waals surface area contributed by atoms with Crippen LogP contribution in [0.15, 0.2) is 41.5 Å². The summed E-state index contributed by atoms with van der Waals surface area (Å²) in [5.74, 6) is 0.771. The lowest BCUT2D eigenvalue weighted by Crippen LogP contribution is -2.22. The molecule has 0 aliphatic rings. The quantitative estimate of drug-likeness (QED) is 0.898. The number of nitrogens with zero attached hydrogens (tertiary/aromatic N) is 2. The van der Waals surface area contributed by atoms with E-state index in [4.69, 9.17) is 4.74 Å². The monoisotopic (exact) mass is 273 g/mol. The molecular formula is C15H19N3O2. The van der Waals surface area contributed by atoms with Gasteiger partial charge in [-0.3, -0.25) is 4.57 Å². The Hall–Kier alpha value is -2.14. The van der Waals surface area contributed by atoms with Gasteiger partial charge in [-0.25, -0.2) is 9.78 Å². The molecule has 1 atom stereocenters. The van der Waals surface area contributed by atoms with Gasteiger partial charge in [-0.05, 0) is 37.7 Å². The van der Waals surface area contributed by atoms with Gasteiger partial charge < -0.3 is 10.1 Å². The highest BCUT2D eigenvalue weighted by atomic mass is 16.5. The number of methoxy groups -OCH3 is 1. The van der Waals surface area contributed by atoms with E-state index in [2.05, 4.69) is 23.3 Å². The largest absolute Gasteiger partial charge is 0.496 e. The molecule has 0 aliphatic heterocycles. The minimum Gasteiger partial charge on any atom is -0.496 e. The Labute approximate surface area is 118 Å². The van der Waals surface area contributed by atoms with Crippen molar-refractivity contribution in [1.82, 2.24) is 14.9 Å². The van der Waals surface area contributed by atoms with Crippen molar-refractivity contribution in [3.05, 3.63) is 58.3 Å². The molecule has 0 spiro atoms. The molecule has 1 aromatic carbocycles. The maximum atomic E-state index is 11.7. The second-order valence-electron chi connectivity index (χ2n) is 4.61. The first kappa shape index (κ1) is 14.3. The SMILES string of the molecule is CNC(C)c1ccc(OC)c(Cn2cccnc2=O)c1. The van der Waals surface area contributed by atoms with Crippen LogP contribution in [0, 0.1) is 0 Å². The zero-order chi connectivity index (χ0) is 14.5. The highest BCUT2D eigenvalue weighted by Crippen LogP contribution is 2.23. The first-order chi connectivity index (χ1) is 9.65. The Kier molecular flexibility index (Phi) is 4.53. The zero-order valence-electron chi connectivity index (χ0n) is 12.0. The molecule has 5 nitrogen and oxygen atoms in total. The Balaban J connectivity index is 2.38. The minimum absolute atomic E-state index is 0.241. The third kappa shape index (κ3) is 3.05. The van der Waals surface area contributed by atoms with E-state index in [0.717, 1.165) is 16.9 Å². The molecule has 2 aromatic rings. The molecular weight excluding hydrogens is 254 g/mol. The highest BCUT2D eigenvalue weighted by Gasteiger charge is 2.09. The Morgan fingerprint density at radius 1 is 1.45 bits per heavy atom. The van der Waals surface area contributed by atoms with Gasteiger partial charge in [0.15, 0.2) is 0 Å². The molecule has 0 radical (unpaired) electrons. The van der Waals surface area contributed by atoms with Crippen molar-refractivity contribution in [1.29, 1.82) is 0 Å². The Bertz CT molecular complexity index is 637. The fraction of sp³-hybridized carbons (Fsp3) is 0.333. The van der Waals surface area contributed by atoms with Crippen LogP contribution < -0.4 is 15.7 Å². The van der Waals surface area contributed by atoms with E-state index in [1.807, 2.05) is 19.2 Å². The standard InChI is InChI=1S/C15H19N3O2/c1-11(16-2)12-5-6-14(20-3)13(9-12)10-18-8-4-7-17-15(18)19/h4-9,11,16H,10H2,1-3H3. The number of aromatic nitrogens is 2. The summed E-state index contributed by atoms with van der Waals surface area (Å²) < 4.78 is 6.93. The van der Waals surface area contributed by atoms with Gasteiger partial charge in [-0.1, -0.05) is 6.07 Å². The van der Waals surface area contributed by atoms with E-state index < -0.39 is 0 Å². The van der Waals surface area contributed by atoms with Crippen LogP contribution in [-0.4, -0.2) is 23.7 Å². The van der Waals surface area contributed by atoms with Gasteiger partial charge in [0, 0.05) is 24.0 Å². The lowest BCUT2D eigenvalue weighted by atomic mass is 10.0. The summed E-state index contributed by atoms with van der Waals surface area (Å²) in [5, 5.41) is 3.20. The van der Waals surface area contributed by atoms with Crippen LogP contribution in [0.4, 0.5) is 0 Å². The van der Waals surface area contributed by atoms with E-state index >= 15 is 0 Å². The summed E-state index contributed by atoms with van der Waals surface area (Å²) in [6.45, 7) is 2.53. The molecule has 2 rings (SSSR count). The average Bonchev–Trinajstić information content (AvgIpc) is 2.48. The lowest BCUT2D eigenvalue weighted by Gasteiger charge is -2.15. The third-order valence-electron chi connectivity index (χ3n) is 3.36. The van der Waals surface area contributed by atoms with E-state index in [-0.39, 0.29) is 11.7 Å². The number of ether oxygens (including phenoxy) is 1. The second-order valence-corrected chi connectivity index (χ2v) is 4.61. The van der Waals surface area contributed by atoms with Crippen molar-refractivity contribution < 1.29 is 4.74 Å². The van der Waals surface area contributed by atoms with Gasteiger partial charge in [0.25, 0.3) is 0 Å². The minimum atomic E-state index is -0.262. The van der Waals surface area contributed by atoms with Crippen LogP contribution in [0.5, 0.6) is 5.75 Å². The maximum absolute atomic E-state index is 11.7. The molecule has 0 amide bonds. The summed E-state index contributed by atoms with van der Waals surface area (Å²) in [4.78, 5) is 15.5. The lowest BCUT2D eigenvalue weighted by molar-refractivity contribution is 0.407.